The molecule has 7 nitrogen and oxygen atoms in total. The van der Waals surface area contributed by atoms with Gasteiger partial charge >= 0.3 is 5.97 Å². The van der Waals surface area contributed by atoms with Crippen LogP contribution in [-0.4, -0.2) is 50.7 Å². The molecular weight excluding hydrogens is 272 g/mol. The van der Waals surface area contributed by atoms with E-state index in [4.69, 9.17) is 9.84 Å². The van der Waals surface area contributed by atoms with Crippen molar-refractivity contribution in [2.75, 3.05) is 19.7 Å². The highest BCUT2D eigenvalue weighted by atomic mass is 16.5. The molecule has 0 spiro atoms. The fourth-order valence-electron chi connectivity index (χ4n) is 2.32. The zero-order chi connectivity index (χ0) is 14.7. The van der Waals surface area contributed by atoms with Gasteiger partial charge in [-0.05, 0) is 6.07 Å². The molecule has 0 fully saturated rings. The normalized spacial score (nSPS) is 15.0. The van der Waals surface area contributed by atoms with Gasteiger partial charge in [0, 0.05) is 25.2 Å². The first kappa shape index (κ1) is 13.6. The molecule has 1 aliphatic heterocycles. The molecule has 0 radical (unpaired) electrons. The van der Waals surface area contributed by atoms with E-state index in [2.05, 4.69) is 21.3 Å². The Kier molecular flexibility index (Phi) is 3.83. The number of hydrogen-bond acceptors (Lipinski definition) is 5. The van der Waals surface area contributed by atoms with E-state index in [1.165, 1.54) is 11.8 Å². The highest BCUT2D eigenvalue weighted by Gasteiger charge is 2.15. The van der Waals surface area contributed by atoms with E-state index >= 15 is 0 Å². The second-order valence-corrected chi connectivity index (χ2v) is 4.90. The maximum Gasteiger partial charge on any atom is 0.358 e. The SMILES string of the molecule is O=C(O)c1cn(CCN2CCOc3ccccc3C2)nn1. The highest BCUT2D eigenvalue weighted by molar-refractivity contribution is 5.84. The second kappa shape index (κ2) is 5.92. The molecule has 21 heavy (non-hydrogen) atoms. The van der Waals surface area contributed by atoms with E-state index < -0.39 is 5.97 Å². The molecule has 0 saturated carbocycles. The number of rotatable bonds is 4. The Labute approximate surface area is 121 Å². The van der Waals surface area contributed by atoms with Crippen LogP contribution in [0.1, 0.15) is 16.1 Å². The van der Waals surface area contributed by atoms with Gasteiger partial charge in [0.1, 0.15) is 12.4 Å². The Morgan fingerprint density at radius 2 is 2.19 bits per heavy atom. The Bertz CT molecular complexity index is 641. The third-order valence-corrected chi connectivity index (χ3v) is 3.43. The summed E-state index contributed by atoms with van der Waals surface area (Å²) in [5.41, 5.74) is 1.14. The minimum absolute atomic E-state index is 0.0282. The van der Waals surface area contributed by atoms with Gasteiger partial charge in [0.15, 0.2) is 5.69 Å². The lowest BCUT2D eigenvalue weighted by atomic mass is 10.2. The Hall–Kier alpha value is -2.41. The summed E-state index contributed by atoms with van der Waals surface area (Å²) in [6, 6.07) is 8.01. The smallest absolute Gasteiger partial charge is 0.358 e. The molecule has 1 N–H and O–H groups in total. The molecule has 0 bridgehead atoms. The first-order valence-electron chi connectivity index (χ1n) is 6.79. The molecule has 0 saturated heterocycles. The standard InChI is InChI=1S/C14H16N4O3/c19-14(20)12-10-18(16-15-12)6-5-17-7-8-21-13-4-2-1-3-11(13)9-17/h1-4,10H,5-9H2,(H,19,20). The van der Waals surface area contributed by atoms with Gasteiger partial charge < -0.3 is 9.84 Å². The minimum Gasteiger partial charge on any atom is -0.492 e. The maximum atomic E-state index is 10.8. The van der Waals surface area contributed by atoms with Gasteiger partial charge in [-0.15, -0.1) is 5.10 Å². The van der Waals surface area contributed by atoms with Crippen molar-refractivity contribution in [3.05, 3.63) is 41.7 Å². The zero-order valence-corrected chi connectivity index (χ0v) is 11.5. The minimum atomic E-state index is -1.06. The first-order valence-corrected chi connectivity index (χ1v) is 6.79. The van der Waals surface area contributed by atoms with Crippen LogP contribution in [0.3, 0.4) is 0 Å². The number of para-hydroxylation sites is 1. The van der Waals surface area contributed by atoms with Gasteiger partial charge in [0.05, 0.1) is 12.7 Å². The van der Waals surface area contributed by atoms with E-state index in [9.17, 15) is 4.79 Å². The summed E-state index contributed by atoms with van der Waals surface area (Å²) >= 11 is 0. The summed E-state index contributed by atoms with van der Waals surface area (Å²) in [4.78, 5) is 13.0. The largest absolute Gasteiger partial charge is 0.492 e. The highest BCUT2D eigenvalue weighted by Crippen LogP contribution is 2.22. The molecule has 1 aromatic carbocycles. The lowest BCUT2D eigenvalue weighted by Crippen LogP contribution is -2.29. The van der Waals surface area contributed by atoms with Crippen molar-refractivity contribution < 1.29 is 14.6 Å². The summed E-state index contributed by atoms with van der Waals surface area (Å²) < 4.78 is 7.27. The number of carboxylic acids is 1. The number of hydrogen-bond donors (Lipinski definition) is 1. The third-order valence-electron chi connectivity index (χ3n) is 3.43. The van der Waals surface area contributed by atoms with Gasteiger partial charge in [-0.25, -0.2) is 4.79 Å². The van der Waals surface area contributed by atoms with Crippen LogP contribution < -0.4 is 4.74 Å². The van der Waals surface area contributed by atoms with Crippen LogP contribution in [0, 0.1) is 0 Å². The van der Waals surface area contributed by atoms with E-state index in [0.29, 0.717) is 13.2 Å². The van der Waals surface area contributed by atoms with Crippen molar-refractivity contribution in [1.82, 2.24) is 19.9 Å². The fraction of sp³-hybridized carbons (Fsp3) is 0.357. The van der Waals surface area contributed by atoms with Crippen molar-refractivity contribution >= 4 is 5.97 Å². The van der Waals surface area contributed by atoms with Crippen LogP contribution >= 0.6 is 0 Å². The summed E-state index contributed by atoms with van der Waals surface area (Å²) in [5, 5.41) is 16.2. The summed E-state index contributed by atoms with van der Waals surface area (Å²) in [5.74, 6) is -0.118. The molecule has 3 rings (SSSR count). The van der Waals surface area contributed by atoms with Crippen LogP contribution in [0.5, 0.6) is 5.75 Å². The predicted molar refractivity (Wildman–Crippen MR) is 74.2 cm³/mol. The zero-order valence-electron chi connectivity index (χ0n) is 11.5. The number of benzene rings is 1. The molecule has 7 heteroatoms. The topological polar surface area (TPSA) is 80.5 Å². The maximum absolute atomic E-state index is 10.8. The fourth-order valence-corrected chi connectivity index (χ4v) is 2.32. The van der Waals surface area contributed by atoms with E-state index in [0.717, 1.165) is 25.4 Å². The number of nitrogens with zero attached hydrogens (tertiary/aromatic N) is 4. The van der Waals surface area contributed by atoms with Gasteiger partial charge in [0.25, 0.3) is 0 Å². The molecule has 1 aliphatic rings. The number of carboxylic acid groups (broad SMARTS) is 1. The molecule has 0 unspecified atom stereocenters. The van der Waals surface area contributed by atoms with Crippen molar-refractivity contribution in [3.8, 4) is 5.75 Å². The van der Waals surface area contributed by atoms with Crippen molar-refractivity contribution in [2.45, 2.75) is 13.1 Å². The predicted octanol–water partition coefficient (Wildman–Crippen LogP) is 0.871. The average molecular weight is 288 g/mol. The molecule has 2 aromatic rings. The van der Waals surface area contributed by atoms with E-state index in [1.807, 2.05) is 18.2 Å². The van der Waals surface area contributed by atoms with Crippen LogP contribution in [-0.2, 0) is 13.1 Å². The van der Waals surface area contributed by atoms with Crippen molar-refractivity contribution in [2.24, 2.45) is 0 Å². The van der Waals surface area contributed by atoms with Crippen molar-refractivity contribution in [3.63, 3.8) is 0 Å². The summed E-state index contributed by atoms with van der Waals surface area (Å²) in [6.07, 6.45) is 1.45. The van der Waals surface area contributed by atoms with Crippen LogP contribution in [0.25, 0.3) is 0 Å². The average Bonchev–Trinajstić information content (AvgIpc) is 2.86. The lowest BCUT2D eigenvalue weighted by Gasteiger charge is -2.18. The summed E-state index contributed by atoms with van der Waals surface area (Å²) in [6.45, 7) is 3.66. The molecular formula is C14H16N4O3. The van der Waals surface area contributed by atoms with Gasteiger partial charge in [-0.2, -0.15) is 0 Å². The first-order chi connectivity index (χ1) is 10.2. The van der Waals surface area contributed by atoms with Crippen LogP contribution in [0.4, 0.5) is 0 Å². The number of aromatic nitrogens is 3. The lowest BCUT2D eigenvalue weighted by molar-refractivity contribution is 0.0690. The monoisotopic (exact) mass is 288 g/mol. The summed E-state index contributed by atoms with van der Waals surface area (Å²) in [7, 11) is 0. The molecule has 110 valence electrons. The van der Waals surface area contributed by atoms with Crippen molar-refractivity contribution in [1.29, 1.82) is 0 Å². The Morgan fingerprint density at radius 3 is 3.00 bits per heavy atom. The second-order valence-electron chi connectivity index (χ2n) is 4.90. The number of aromatic carboxylic acids is 1. The van der Waals surface area contributed by atoms with E-state index in [1.54, 1.807) is 4.68 Å². The molecule has 0 atom stereocenters. The van der Waals surface area contributed by atoms with Gasteiger partial charge in [0.2, 0.25) is 0 Å². The van der Waals surface area contributed by atoms with Gasteiger partial charge in [-0.3, -0.25) is 9.58 Å². The quantitative estimate of drug-likeness (QED) is 0.899. The molecule has 0 amide bonds. The Morgan fingerprint density at radius 1 is 1.33 bits per heavy atom. The Balaban J connectivity index is 1.61. The molecule has 0 aliphatic carbocycles. The van der Waals surface area contributed by atoms with Crippen LogP contribution in [0.2, 0.25) is 0 Å². The number of carbonyl (C=O) groups is 1. The van der Waals surface area contributed by atoms with E-state index in [-0.39, 0.29) is 5.69 Å². The third kappa shape index (κ3) is 3.19. The van der Waals surface area contributed by atoms with Gasteiger partial charge in [-0.1, -0.05) is 23.4 Å². The molecule has 1 aromatic heterocycles. The number of ether oxygens (including phenoxy) is 1. The molecule has 2 heterocycles. The number of fused-ring (bicyclic) bond motifs is 1. The van der Waals surface area contributed by atoms with Crippen LogP contribution in [0.15, 0.2) is 30.5 Å².